The fraction of sp³-hybridized carbons (Fsp3) is 0.467. The van der Waals surface area contributed by atoms with Crippen LogP contribution >= 0.6 is 0 Å². The summed E-state index contributed by atoms with van der Waals surface area (Å²) in [5, 5.41) is 10.6. The number of carbonyl (C=O) groups excluding carboxylic acids is 2. The topological polar surface area (TPSA) is 63.6 Å². The third-order valence-electron chi connectivity index (χ3n) is 3.41. The number of methoxy groups -OCH3 is 1. The van der Waals surface area contributed by atoms with Gasteiger partial charge >= 0.3 is 5.97 Å². The predicted octanol–water partition coefficient (Wildman–Crippen LogP) is 1.95. The summed E-state index contributed by atoms with van der Waals surface area (Å²) in [6.07, 6.45) is 6.43. The molecule has 0 aromatic rings. The Hall–Kier alpha value is -1.68. The zero-order chi connectivity index (χ0) is 14.6. The summed E-state index contributed by atoms with van der Waals surface area (Å²) in [5.74, 6) is -0.592. The minimum atomic E-state index is -1.14. The Kier molecular flexibility index (Phi) is 4.84. The van der Waals surface area contributed by atoms with Crippen molar-refractivity contribution in [3.63, 3.8) is 0 Å². The van der Waals surface area contributed by atoms with E-state index in [1.54, 1.807) is 26.0 Å². The van der Waals surface area contributed by atoms with Crippen LogP contribution in [0.4, 0.5) is 0 Å². The summed E-state index contributed by atoms with van der Waals surface area (Å²) in [7, 11) is 1.31. The highest BCUT2D eigenvalue weighted by Crippen LogP contribution is 2.34. The molecule has 104 valence electrons. The van der Waals surface area contributed by atoms with E-state index in [-0.39, 0.29) is 11.7 Å². The van der Waals surface area contributed by atoms with E-state index in [0.29, 0.717) is 17.6 Å². The molecule has 0 radical (unpaired) electrons. The Bertz CT molecular complexity index is 471. The predicted molar refractivity (Wildman–Crippen MR) is 72.4 cm³/mol. The normalized spacial score (nSPS) is 28.5. The highest BCUT2D eigenvalue weighted by molar-refractivity contribution is 5.92. The molecule has 1 N–H and O–H groups in total. The van der Waals surface area contributed by atoms with Crippen molar-refractivity contribution in [2.24, 2.45) is 5.92 Å². The van der Waals surface area contributed by atoms with Crippen LogP contribution in [0.15, 0.2) is 35.5 Å². The van der Waals surface area contributed by atoms with Crippen LogP contribution in [0.3, 0.4) is 0 Å². The Balaban J connectivity index is 2.96. The molecule has 2 atom stereocenters. The molecule has 0 fully saturated rings. The maximum absolute atomic E-state index is 11.4. The number of allylic oxidation sites excluding steroid dienone is 3. The molecule has 4 nitrogen and oxygen atoms in total. The first-order valence-corrected chi connectivity index (χ1v) is 6.19. The molecular weight excluding hydrogens is 244 g/mol. The van der Waals surface area contributed by atoms with Gasteiger partial charge in [0.15, 0.2) is 5.78 Å². The van der Waals surface area contributed by atoms with Gasteiger partial charge in [-0.25, -0.2) is 4.79 Å². The largest absolute Gasteiger partial charge is 0.466 e. The molecule has 1 aliphatic rings. The second-order valence-corrected chi connectivity index (χ2v) is 4.97. The number of aliphatic hydroxyl groups is 1. The van der Waals surface area contributed by atoms with Gasteiger partial charge in [0.05, 0.1) is 7.11 Å². The van der Waals surface area contributed by atoms with Crippen LogP contribution in [0.25, 0.3) is 0 Å². The minimum Gasteiger partial charge on any atom is -0.466 e. The second-order valence-electron chi connectivity index (χ2n) is 4.97. The second kappa shape index (κ2) is 5.97. The molecule has 0 aromatic carbocycles. The molecular formula is C15H20O4. The summed E-state index contributed by atoms with van der Waals surface area (Å²) in [6, 6.07) is 0. The first-order valence-electron chi connectivity index (χ1n) is 6.19. The molecule has 4 heteroatoms. The molecule has 0 bridgehead atoms. The van der Waals surface area contributed by atoms with E-state index in [9.17, 15) is 14.7 Å². The molecule has 0 amide bonds. The number of ether oxygens (including phenoxy) is 1. The number of hydrogen-bond acceptors (Lipinski definition) is 4. The summed E-state index contributed by atoms with van der Waals surface area (Å²) >= 11 is 0. The lowest BCUT2D eigenvalue weighted by Crippen LogP contribution is -2.40. The lowest BCUT2D eigenvalue weighted by atomic mass is 9.75. The smallest absolute Gasteiger partial charge is 0.330 e. The number of esters is 1. The monoisotopic (exact) mass is 264 g/mol. The molecule has 0 saturated heterocycles. The Morgan fingerprint density at radius 2 is 2.21 bits per heavy atom. The van der Waals surface area contributed by atoms with Gasteiger partial charge in [-0.3, -0.25) is 4.79 Å². The van der Waals surface area contributed by atoms with E-state index >= 15 is 0 Å². The van der Waals surface area contributed by atoms with Crippen molar-refractivity contribution in [1.82, 2.24) is 0 Å². The fourth-order valence-electron chi connectivity index (χ4n) is 2.11. The van der Waals surface area contributed by atoms with Gasteiger partial charge in [-0.15, -0.1) is 0 Å². The number of hydrogen-bond donors (Lipinski definition) is 1. The van der Waals surface area contributed by atoms with E-state index in [4.69, 9.17) is 0 Å². The zero-order valence-electron chi connectivity index (χ0n) is 11.8. The van der Waals surface area contributed by atoms with Gasteiger partial charge in [-0.2, -0.15) is 0 Å². The average Bonchev–Trinajstić information content (AvgIpc) is 2.33. The van der Waals surface area contributed by atoms with Crippen molar-refractivity contribution in [3.8, 4) is 0 Å². The molecule has 0 spiro atoms. The average molecular weight is 264 g/mol. The maximum atomic E-state index is 11.4. The van der Waals surface area contributed by atoms with E-state index in [1.807, 2.05) is 6.92 Å². The molecule has 0 aliphatic heterocycles. The van der Waals surface area contributed by atoms with Crippen LogP contribution in [-0.4, -0.2) is 29.6 Å². The molecule has 0 saturated carbocycles. The fourth-order valence-corrected chi connectivity index (χ4v) is 2.11. The summed E-state index contributed by atoms with van der Waals surface area (Å²) in [6.45, 7) is 5.31. The Morgan fingerprint density at radius 1 is 1.58 bits per heavy atom. The Labute approximate surface area is 113 Å². The lowest BCUT2D eigenvalue weighted by molar-refractivity contribution is -0.134. The quantitative estimate of drug-likeness (QED) is 0.481. The third-order valence-corrected chi connectivity index (χ3v) is 3.41. The summed E-state index contributed by atoms with van der Waals surface area (Å²) in [4.78, 5) is 22.5. The van der Waals surface area contributed by atoms with Gasteiger partial charge in [0.25, 0.3) is 0 Å². The zero-order valence-corrected chi connectivity index (χ0v) is 11.8. The molecule has 1 aliphatic carbocycles. The van der Waals surface area contributed by atoms with E-state index in [1.165, 1.54) is 19.3 Å². The molecule has 0 unspecified atom stereocenters. The van der Waals surface area contributed by atoms with Crippen LogP contribution in [0.2, 0.25) is 0 Å². The van der Waals surface area contributed by atoms with E-state index in [0.717, 1.165) is 0 Å². The van der Waals surface area contributed by atoms with E-state index in [2.05, 4.69) is 4.74 Å². The van der Waals surface area contributed by atoms with Gasteiger partial charge in [0, 0.05) is 12.5 Å². The van der Waals surface area contributed by atoms with E-state index < -0.39 is 11.6 Å². The highest BCUT2D eigenvalue weighted by atomic mass is 16.5. The lowest BCUT2D eigenvalue weighted by Gasteiger charge is -2.35. The van der Waals surface area contributed by atoms with Crippen LogP contribution < -0.4 is 0 Å². The number of carbonyl (C=O) groups is 2. The maximum Gasteiger partial charge on any atom is 0.330 e. The summed E-state index contributed by atoms with van der Waals surface area (Å²) in [5.41, 5.74) is 0.162. The molecule has 0 aromatic heterocycles. The standard InChI is InChI=1S/C15H20O4/c1-10(7-14(17)19-4)5-6-15(18)11(2)8-13(16)9-12(15)3/h5-8,12,18H,9H2,1-4H3/b6-5+,10-7-/t12-,15-/m1/s1. The van der Waals surface area contributed by atoms with Crippen LogP contribution in [-0.2, 0) is 14.3 Å². The third kappa shape index (κ3) is 3.64. The number of rotatable bonds is 3. The SMILES string of the molecule is COC(=O)/C=C(C)\C=C\[C@@]1(O)C(C)=CC(=O)C[C@H]1C. The summed E-state index contributed by atoms with van der Waals surface area (Å²) < 4.78 is 4.53. The highest BCUT2D eigenvalue weighted by Gasteiger charge is 2.37. The van der Waals surface area contributed by atoms with Gasteiger partial charge in [0.2, 0.25) is 0 Å². The molecule has 1 rings (SSSR count). The molecule has 19 heavy (non-hydrogen) atoms. The van der Waals surface area contributed by atoms with Crippen LogP contribution in [0, 0.1) is 5.92 Å². The van der Waals surface area contributed by atoms with Gasteiger partial charge in [0.1, 0.15) is 5.60 Å². The van der Waals surface area contributed by atoms with Gasteiger partial charge in [-0.1, -0.05) is 13.0 Å². The first kappa shape index (κ1) is 15.4. The van der Waals surface area contributed by atoms with Gasteiger partial charge in [-0.05, 0) is 43.1 Å². The molecule has 0 heterocycles. The van der Waals surface area contributed by atoms with Crippen molar-refractivity contribution in [2.45, 2.75) is 32.8 Å². The van der Waals surface area contributed by atoms with Crippen LogP contribution in [0.5, 0.6) is 0 Å². The number of ketones is 1. The van der Waals surface area contributed by atoms with Crippen molar-refractivity contribution >= 4 is 11.8 Å². The minimum absolute atomic E-state index is 0.0323. The van der Waals surface area contributed by atoms with Crippen molar-refractivity contribution in [3.05, 3.63) is 35.5 Å². The first-order chi connectivity index (χ1) is 8.79. The Morgan fingerprint density at radius 3 is 2.74 bits per heavy atom. The van der Waals surface area contributed by atoms with Crippen molar-refractivity contribution in [2.75, 3.05) is 7.11 Å². The van der Waals surface area contributed by atoms with Crippen molar-refractivity contribution < 1.29 is 19.4 Å². The van der Waals surface area contributed by atoms with Crippen LogP contribution in [0.1, 0.15) is 27.2 Å². The van der Waals surface area contributed by atoms with Gasteiger partial charge < -0.3 is 9.84 Å². The van der Waals surface area contributed by atoms with Crippen molar-refractivity contribution in [1.29, 1.82) is 0 Å².